The number of nitrogens with zero attached hydrogens (tertiary/aromatic N) is 1. The third-order valence-electron chi connectivity index (χ3n) is 5.55. The molecule has 1 atom stereocenters. The van der Waals surface area contributed by atoms with Crippen LogP contribution < -0.4 is 5.32 Å². The van der Waals surface area contributed by atoms with Crippen LogP contribution in [-0.4, -0.2) is 43.8 Å². The van der Waals surface area contributed by atoms with Crippen molar-refractivity contribution in [1.82, 2.24) is 9.62 Å². The van der Waals surface area contributed by atoms with Gasteiger partial charge in [-0.3, -0.25) is 9.59 Å². The SMILES string of the molecule is CC(OC(=O)CCc1ccc(S(=O)(=O)N2CCCCC2)cc1)C(=O)NCc1ccc(F)cc1. The molecule has 1 saturated heterocycles. The highest BCUT2D eigenvalue weighted by Crippen LogP contribution is 2.21. The molecule has 0 aromatic heterocycles. The lowest BCUT2D eigenvalue weighted by Gasteiger charge is -2.25. The summed E-state index contributed by atoms with van der Waals surface area (Å²) in [7, 11) is -3.48. The minimum absolute atomic E-state index is 0.0633. The number of sulfonamides is 1. The summed E-state index contributed by atoms with van der Waals surface area (Å²) in [5.74, 6) is -1.32. The lowest BCUT2D eigenvalue weighted by atomic mass is 10.1. The van der Waals surface area contributed by atoms with Gasteiger partial charge in [-0.1, -0.05) is 30.7 Å². The van der Waals surface area contributed by atoms with Crippen molar-refractivity contribution in [3.63, 3.8) is 0 Å². The predicted octanol–water partition coefficient (Wildman–Crippen LogP) is 3.18. The van der Waals surface area contributed by atoms with Gasteiger partial charge in [-0.2, -0.15) is 4.31 Å². The van der Waals surface area contributed by atoms with Gasteiger partial charge in [-0.25, -0.2) is 12.8 Å². The second-order valence-electron chi connectivity index (χ2n) is 8.09. The summed E-state index contributed by atoms with van der Waals surface area (Å²) in [5.41, 5.74) is 1.53. The number of piperidine rings is 1. The second kappa shape index (κ2) is 11.4. The quantitative estimate of drug-likeness (QED) is 0.561. The summed E-state index contributed by atoms with van der Waals surface area (Å²) in [4.78, 5) is 24.5. The zero-order chi connectivity index (χ0) is 23.8. The average Bonchev–Trinajstić information content (AvgIpc) is 2.83. The topological polar surface area (TPSA) is 92.8 Å². The molecule has 9 heteroatoms. The fourth-order valence-corrected chi connectivity index (χ4v) is 5.09. The first kappa shape index (κ1) is 24.9. The van der Waals surface area contributed by atoms with E-state index >= 15 is 0 Å². The van der Waals surface area contributed by atoms with Crippen LogP contribution in [0.25, 0.3) is 0 Å². The molecule has 0 spiro atoms. The number of aryl methyl sites for hydroxylation is 1. The normalized spacial score (nSPS) is 15.6. The molecule has 7 nitrogen and oxygen atoms in total. The van der Waals surface area contributed by atoms with Gasteiger partial charge in [0, 0.05) is 26.1 Å². The van der Waals surface area contributed by atoms with Gasteiger partial charge in [0.05, 0.1) is 4.90 Å². The Morgan fingerprint density at radius 1 is 1.00 bits per heavy atom. The summed E-state index contributed by atoms with van der Waals surface area (Å²) < 4.78 is 45.0. The van der Waals surface area contributed by atoms with E-state index in [0.717, 1.165) is 30.4 Å². The molecule has 1 aliphatic heterocycles. The number of halogens is 1. The summed E-state index contributed by atoms with van der Waals surface area (Å²) >= 11 is 0. The fraction of sp³-hybridized carbons (Fsp3) is 0.417. The van der Waals surface area contributed by atoms with E-state index in [1.54, 1.807) is 36.4 Å². The van der Waals surface area contributed by atoms with Crippen LogP contribution in [0.3, 0.4) is 0 Å². The van der Waals surface area contributed by atoms with Crippen LogP contribution in [0, 0.1) is 5.82 Å². The van der Waals surface area contributed by atoms with Crippen molar-refractivity contribution < 1.29 is 27.1 Å². The highest BCUT2D eigenvalue weighted by Gasteiger charge is 2.25. The largest absolute Gasteiger partial charge is 0.453 e. The molecule has 33 heavy (non-hydrogen) atoms. The molecule has 1 heterocycles. The van der Waals surface area contributed by atoms with Gasteiger partial charge in [0.15, 0.2) is 6.10 Å². The Morgan fingerprint density at radius 2 is 1.61 bits per heavy atom. The first-order valence-corrected chi connectivity index (χ1v) is 12.5. The summed E-state index contributed by atoms with van der Waals surface area (Å²) in [5, 5.41) is 2.65. The van der Waals surface area contributed by atoms with E-state index in [-0.39, 0.29) is 23.7 Å². The molecule has 2 aromatic carbocycles. The molecule has 0 bridgehead atoms. The van der Waals surface area contributed by atoms with Gasteiger partial charge in [0.1, 0.15) is 5.82 Å². The number of carbonyl (C=O) groups excluding carboxylic acids is 2. The van der Waals surface area contributed by atoms with Crippen molar-refractivity contribution in [2.75, 3.05) is 13.1 Å². The zero-order valence-corrected chi connectivity index (χ0v) is 19.4. The predicted molar refractivity (Wildman–Crippen MR) is 121 cm³/mol. The summed E-state index contributed by atoms with van der Waals surface area (Å²) in [6, 6.07) is 12.3. The van der Waals surface area contributed by atoms with E-state index in [0.29, 0.717) is 19.5 Å². The third kappa shape index (κ3) is 7.10. The molecule has 1 unspecified atom stereocenters. The van der Waals surface area contributed by atoms with E-state index in [1.807, 2.05) is 0 Å². The van der Waals surface area contributed by atoms with E-state index in [1.165, 1.54) is 23.4 Å². The molecule has 2 aromatic rings. The molecule has 1 aliphatic rings. The maximum Gasteiger partial charge on any atom is 0.306 e. The molecule has 1 amide bonds. The number of ether oxygens (including phenoxy) is 1. The molecular weight excluding hydrogens is 447 g/mol. The smallest absolute Gasteiger partial charge is 0.306 e. The van der Waals surface area contributed by atoms with Gasteiger partial charge in [-0.05, 0) is 61.6 Å². The molecule has 178 valence electrons. The number of amides is 1. The van der Waals surface area contributed by atoms with Crippen molar-refractivity contribution >= 4 is 21.9 Å². The minimum Gasteiger partial charge on any atom is -0.453 e. The average molecular weight is 477 g/mol. The van der Waals surface area contributed by atoms with E-state index < -0.39 is 28.0 Å². The first-order valence-electron chi connectivity index (χ1n) is 11.1. The summed E-state index contributed by atoms with van der Waals surface area (Å²) in [6.07, 6.45) is 2.27. The first-order chi connectivity index (χ1) is 15.8. The number of rotatable bonds is 9. The van der Waals surface area contributed by atoms with Gasteiger partial charge >= 0.3 is 5.97 Å². The third-order valence-corrected chi connectivity index (χ3v) is 7.46. The Hall–Kier alpha value is -2.78. The second-order valence-corrected chi connectivity index (χ2v) is 10.0. The van der Waals surface area contributed by atoms with Crippen LogP contribution in [0.15, 0.2) is 53.4 Å². The van der Waals surface area contributed by atoms with Crippen molar-refractivity contribution in [1.29, 1.82) is 0 Å². The van der Waals surface area contributed by atoms with E-state index in [9.17, 15) is 22.4 Å². The molecule has 1 N–H and O–H groups in total. The zero-order valence-electron chi connectivity index (χ0n) is 18.6. The number of carbonyl (C=O) groups is 2. The highest BCUT2D eigenvalue weighted by molar-refractivity contribution is 7.89. The molecular formula is C24H29FN2O5S. The minimum atomic E-state index is -3.48. The van der Waals surface area contributed by atoms with Crippen molar-refractivity contribution in [2.24, 2.45) is 0 Å². The van der Waals surface area contributed by atoms with Gasteiger partial charge in [0.2, 0.25) is 10.0 Å². The van der Waals surface area contributed by atoms with E-state index in [4.69, 9.17) is 4.74 Å². The Kier molecular flexibility index (Phi) is 8.57. The standard InChI is InChI=1S/C24H29FN2O5S/c1-18(24(29)26-17-20-5-10-21(25)11-6-20)32-23(28)14-9-19-7-12-22(13-8-19)33(30,31)27-15-3-2-4-16-27/h5-8,10-13,18H,2-4,9,14-17H2,1H3,(H,26,29). The molecule has 0 radical (unpaired) electrons. The molecule has 0 saturated carbocycles. The van der Waals surface area contributed by atoms with Crippen molar-refractivity contribution in [3.05, 3.63) is 65.5 Å². The van der Waals surface area contributed by atoms with Crippen molar-refractivity contribution in [3.8, 4) is 0 Å². The maximum absolute atomic E-state index is 12.9. The molecule has 0 aliphatic carbocycles. The van der Waals surface area contributed by atoms with Gasteiger partial charge in [0.25, 0.3) is 5.91 Å². The van der Waals surface area contributed by atoms with Crippen LogP contribution >= 0.6 is 0 Å². The highest BCUT2D eigenvalue weighted by atomic mass is 32.2. The van der Waals surface area contributed by atoms with Gasteiger partial charge < -0.3 is 10.1 Å². The lowest BCUT2D eigenvalue weighted by molar-refractivity contribution is -0.154. The van der Waals surface area contributed by atoms with E-state index in [2.05, 4.69) is 5.32 Å². The summed E-state index contributed by atoms with van der Waals surface area (Å²) in [6.45, 7) is 2.78. The number of benzene rings is 2. The van der Waals surface area contributed by atoms with Crippen LogP contribution in [0.2, 0.25) is 0 Å². The number of esters is 1. The lowest BCUT2D eigenvalue weighted by Crippen LogP contribution is -2.35. The van der Waals surface area contributed by atoms with Crippen LogP contribution in [-0.2, 0) is 37.3 Å². The Balaban J connectivity index is 1.44. The Bertz CT molecular complexity index is 1050. The van der Waals surface area contributed by atoms with Crippen LogP contribution in [0.5, 0.6) is 0 Å². The molecule has 3 rings (SSSR count). The fourth-order valence-electron chi connectivity index (χ4n) is 3.57. The number of nitrogens with one attached hydrogen (secondary N) is 1. The van der Waals surface area contributed by atoms with Crippen LogP contribution in [0.4, 0.5) is 4.39 Å². The van der Waals surface area contributed by atoms with Crippen LogP contribution in [0.1, 0.15) is 43.7 Å². The Labute approximate surface area is 194 Å². The molecule has 1 fully saturated rings. The Morgan fingerprint density at radius 3 is 2.24 bits per heavy atom. The number of hydrogen-bond donors (Lipinski definition) is 1. The van der Waals surface area contributed by atoms with Crippen molar-refractivity contribution in [2.45, 2.75) is 56.6 Å². The number of hydrogen-bond acceptors (Lipinski definition) is 5. The van der Waals surface area contributed by atoms with Gasteiger partial charge in [-0.15, -0.1) is 0 Å². The maximum atomic E-state index is 12.9. The monoisotopic (exact) mass is 476 g/mol.